The summed E-state index contributed by atoms with van der Waals surface area (Å²) in [6.07, 6.45) is 0. The van der Waals surface area contributed by atoms with Crippen LogP contribution in [0.25, 0.3) is 0 Å². The Morgan fingerprint density at radius 3 is 1.96 bits per heavy atom. The van der Waals surface area contributed by atoms with E-state index in [0.29, 0.717) is 11.5 Å². The third kappa shape index (κ3) is 3.80. The molecule has 2 aromatic rings. The van der Waals surface area contributed by atoms with Gasteiger partial charge in [-0.15, -0.1) is 0 Å². The van der Waals surface area contributed by atoms with Gasteiger partial charge in [0.05, 0.1) is 45.3 Å². The van der Waals surface area contributed by atoms with Gasteiger partial charge in [-0.05, 0) is 12.1 Å². The first kappa shape index (κ1) is 18.9. The van der Waals surface area contributed by atoms with Crippen molar-refractivity contribution in [2.75, 3.05) is 33.8 Å². The number of nitrogens with one attached hydrogen (secondary N) is 1. The minimum absolute atomic E-state index is 0.0676. The Hall–Kier alpha value is -3.42. The molecule has 0 aliphatic rings. The topological polar surface area (TPSA) is 103 Å². The lowest BCUT2D eigenvalue weighted by Gasteiger charge is -2.15. The van der Waals surface area contributed by atoms with Crippen molar-refractivity contribution < 1.29 is 33.6 Å². The van der Waals surface area contributed by atoms with Crippen molar-refractivity contribution in [2.24, 2.45) is 0 Å². The molecule has 0 aliphatic heterocycles. The summed E-state index contributed by atoms with van der Waals surface area (Å²) >= 11 is 0. The highest BCUT2D eigenvalue weighted by Crippen LogP contribution is 2.34. The number of benzene rings is 2. The number of rotatable bonds is 7. The Morgan fingerprint density at radius 1 is 0.808 bits per heavy atom. The van der Waals surface area contributed by atoms with Crippen molar-refractivity contribution in [3.8, 4) is 23.0 Å². The van der Waals surface area contributed by atoms with E-state index in [1.807, 2.05) is 0 Å². The van der Waals surface area contributed by atoms with Gasteiger partial charge in [-0.2, -0.15) is 0 Å². The van der Waals surface area contributed by atoms with Crippen LogP contribution < -0.4 is 24.3 Å². The third-order valence-corrected chi connectivity index (χ3v) is 3.66. The van der Waals surface area contributed by atoms with E-state index in [1.165, 1.54) is 46.6 Å². The second kappa shape index (κ2) is 8.11. The lowest BCUT2D eigenvalue weighted by molar-refractivity contribution is 0.0697. The van der Waals surface area contributed by atoms with Crippen LogP contribution in [0.3, 0.4) is 0 Å². The van der Waals surface area contributed by atoms with E-state index in [-0.39, 0.29) is 28.3 Å². The number of carboxylic acid groups (broad SMARTS) is 1. The first-order valence-electron chi connectivity index (χ1n) is 7.47. The molecular formula is C18H19NO7. The van der Waals surface area contributed by atoms with E-state index in [1.54, 1.807) is 12.1 Å². The molecule has 0 bridgehead atoms. The van der Waals surface area contributed by atoms with Gasteiger partial charge < -0.3 is 29.4 Å². The molecule has 8 heteroatoms. The normalized spacial score (nSPS) is 10.0. The van der Waals surface area contributed by atoms with E-state index in [4.69, 9.17) is 18.9 Å². The zero-order valence-electron chi connectivity index (χ0n) is 14.8. The van der Waals surface area contributed by atoms with Crippen LogP contribution in [0.2, 0.25) is 0 Å². The zero-order valence-corrected chi connectivity index (χ0v) is 14.8. The summed E-state index contributed by atoms with van der Waals surface area (Å²) in [4.78, 5) is 24.2. The Bertz CT molecular complexity index is 833. The van der Waals surface area contributed by atoms with Gasteiger partial charge in [0.2, 0.25) is 0 Å². The molecule has 0 aliphatic carbocycles. The van der Waals surface area contributed by atoms with Crippen LogP contribution in [0.4, 0.5) is 5.69 Å². The quantitative estimate of drug-likeness (QED) is 0.781. The van der Waals surface area contributed by atoms with E-state index in [9.17, 15) is 14.7 Å². The number of carbonyl (C=O) groups excluding carboxylic acids is 1. The van der Waals surface area contributed by atoms with Crippen LogP contribution in [0.15, 0.2) is 30.3 Å². The molecule has 2 aromatic carbocycles. The molecule has 0 radical (unpaired) electrons. The summed E-state index contributed by atoms with van der Waals surface area (Å²) < 4.78 is 20.6. The van der Waals surface area contributed by atoms with Crippen molar-refractivity contribution in [2.45, 2.75) is 0 Å². The van der Waals surface area contributed by atoms with Gasteiger partial charge >= 0.3 is 5.97 Å². The molecule has 0 atom stereocenters. The van der Waals surface area contributed by atoms with Gasteiger partial charge in [-0.1, -0.05) is 0 Å². The monoisotopic (exact) mass is 361 g/mol. The first-order valence-corrected chi connectivity index (χ1v) is 7.47. The summed E-state index contributed by atoms with van der Waals surface area (Å²) in [7, 11) is 5.72. The van der Waals surface area contributed by atoms with Gasteiger partial charge in [-0.25, -0.2) is 4.79 Å². The van der Waals surface area contributed by atoms with E-state index < -0.39 is 11.9 Å². The highest BCUT2D eigenvalue weighted by atomic mass is 16.5. The van der Waals surface area contributed by atoms with Crippen molar-refractivity contribution in [1.82, 2.24) is 0 Å². The maximum atomic E-state index is 12.6. The summed E-state index contributed by atoms with van der Waals surface area (Å²) in [6.45, 7) is 0. The van der Waals surface area contributed by atoms with Crippen LogP contribution >= 0.6 is 0 Å². The molecule has 0 spiro atoms. The summed E-state index contributed by atoms with van der Waals surface area (Å²) in [5.41, 5.74) is 0.154. The van der Waals surface area contributed by atoms with Crippen LogP contribution in [0, 0.1) is 0 Å². The Morgan fingerprint density at radius 2 is 1.42 bits per heavy atom. The summed E-state index contributed by atoms with van der Waals surface area (Å²) in [6, 6.07) is 7.35. The number of methoxy groups -OCH3 is 4. The summed E-state index contributed by atoms with van der Waals surface area (Å²) in [5, 5.41) is 12.0. The van der Waals surface area contributed by atoms with Crippen molar-refractivity contribution in [3.05, 3.63) is 41.5 Å². The van der Waals surface area contributed by atoms with Crippen molar-refractivity contribution in [3.63, 3.8) is 0 Å². The van der Waals surface area contributed by atoms with Crippen LogP contribution in [0.1, 0.15) is 20.7 Å². The van der Waals surface area contributed by atoms with Gasteiger partial charge in [0, 0.05) is 18.2 Å². The molecule has 0 saturated heterocycles. The van der Waals surface area contributed by atoms with Crippen LogP contribution in [-0.2, 0) is 0 Å². The highest BCUT2D eigenvalue weighted by Gasteiger charge is 2.20. The molecular weight excluding hydrogens is 342 g/mol. The number of carboxylic acids is 1. The number of aromatic carboxylic acids is 1. The van der Waals surface area contributed by atoms with Crippen molar-refractivity contribution in [1.29, 1.82) is 0 Å². The van der Waals surface area contributed by atoms with E-state index >= 15 is 0 Å². The smallest absolute Gasteiger partial charge is 0.337 e. The zero-order chi connectivity index (χ0) is 19.3. The van der Waals surface area contributed by atoms with Gasteiger partial charge in [0.15, 0.2) is 11.5 Å². The van der Waals surface area contributed by atoms with E-state index in [2.05, 4.69) is 5.32 Å². The standard InChI is InChI=1S/C18H19NO7/c1-23-10-5-6-11(14(7-10)24-2)17(20)19-13-9-16(26-4)15(25-3)8-12(13)18(21)22/h5-9H,1-4H3,(H,19,20)(H,21,22). The number of carbonyl (C=O) groups is 2. The molecule has 26 heavy (non-hydrogen) atoms. The van der Waals surface area contributed by atoms with Gasteiger partial charge in [-0.3, -0.25) is 4.79 Å². The number of anilines is 1. The first-order chi connectivity index (χ1) is 12.4. The van der Waals surface area contributed by atoms with Crippen LogP contribution in [0.5, 0.6) is 23.0 Å². The molecule has 0 fully saturated rings. The Labute approximate surface area is 150 Å². The van der Waals surface area contributed by atoms with Crippen LogP contribution in [-0.4, -0.2) is 45.4 Å². The molecule has 138 valence electrons. The SMILES string of the molecule is COc1ccc(C(=O)Nc2cc(OC)c(OC)cc2C(=O)O)c(OC)c1. The second-order valence-corrected chi connectivity index (χ2v) is 5.08. The highest BCUT2D eigenvalue weighted by molar-refractivity contribution is 6.09. The fourth-order valence-corrected chi connectivity index (χ4v) is 2.34. The molecule has 0 aromatic heterocycles. The predicted molar refractivity (Wildman–Crippen MR) is 94.0 cm³/mol. The fourth-order valence-electron chi connectivity index (χ4n) is 2.34. The van der Waals surface area contributed by atoms with Crippen molar-refractivity contribution >= 4 is 17.6 Å². The Balaban J connectivity index is 2.44. The largest absolute Gasteiger partial charge is 0.497 e. The lowest BCUT2D eigenvalue weighted by Crippen LogP contribution is -2.16. The molecule has 0 saturated carbocycles. The molecule has 2 N–H and O–H groups in total. The van der Waals surface area contributed by atoms with Gasteiger partial charge in [0.25, 0.3) is 5.91 Å². The average molecular weight is 361 g/mol. The maximum absolute atomic E-state index is 12.6. The second-order valence-electron chi connectivity index (χ2n) is 5.08. The number of amides is 1. The van der Waals surface area contributed by atoms with Gasteiger partial charge in [0.1, 0.15) is 11.5 Å². The number of hydrogen-bond donors (Lipinski definition) is 2. The molecule has 1 amide bonds. The van der Waals surface area contributed by atoms with E-state index in [0.717, 1.165) is 0 Å². The number of hydrogen-bond acceptors (Lipinski definition) is 6. The maximum Gasteiger partial charge on any atom is 0.337 e. The number of ether oxygens (including phenoxy) is 4. The minimum Gasteiger partial charge on any atom is -0.497 e. The summed E-state index contributed by atoms with van der Waals surface area (Å²) in [5.74, 6) is -0.420. The molecule has 2 rings (SSSR count). The fraction of sp³-hybridized carbons (Fsp3) is 0.222. The minimum atomic E-state index is -1.22. The molecule has 0 heterocycles. The Kier molecular flexibility index (Phi) is 5.90. The third-order valence-electron chi connectivity index (χ3n) is 3.66. The average Bonchev–Trinajstić information content (AvgIpc) is 2.66. The molecule has 8 nitrogen and oxygen atoms in total. The molecule has 0 unspecified atom stereocenters. The lowest BCUT2D eigenvalue weighted by atomic mass is 10.1. The predicted octanol–water partition coefficient (Wildman–Crippen LogP) is 2.67.